The number of likely N-dealkylation sites (tertiary alicyclic amines) is 1. The molecule has 358 valence electrons. The summed E-state index contributed by atoms with van der Waals surface area (Å²) in [5.74, 6) is 0.664. The smallest absolute Gasteiger partial charge is 0.408 e. The number of carbonyl (C=O) groups is 3. The molecule has 66 heavy (non-hydrogen) atoms. The normalized spacial score (nSPS) is 28.8. The van der Waals surface area contributed by atoms with Gasteiger partial charge in [-0.1, -0.05) is 56.9 Å². The number of aliphatic hydroxyl groups excluding tert-OH is 1. The average Bonchev–Trinajstić information content (AvgIpc) is 3.79. The number of carbonyl (C=O) groups excluding carboxylic acids is 3. The Morgan fingerprint density at radius 3 is 2.52 bits per heavy atom. The van der Waals surface area contributed by atoms with Gasteiger partial charge in [-0.05, 0) is 63.5 Å². The Kier molecular flexibility index (Phi) is 13.3. The molecule has 4 N–H and O–H groups in total. The molecule has 18 heteroatoms. The highest BCUT2D eigenvalue weighted by Gasteiger charge is 2.63. The summed E-state index contributed by atoms with van der Waals surface area (Å²) in [7, 11) is 0. The largest absolute Gasteiger partial charge is 0.491 e. The minimum atomic E-state index is -1.03. The monoisotopic (exact) mass is 949 g/mol. The van der Waals surface area contributed by atoms with Gasteiger partial charge in [0.15, 0.2) is 11.4 Å². The quantitative estimate of drug-likeness (QED) is 0.0897. The number of benzene rings is 1. The first-order chi connectivity index (χ1) is 31.5. The molecule has 5 fully saturated rings. The third-order valence-corrected chi connectivity index (χ3v) is 15.5. The van der Waals surface area contributed by atoms with Crippen LogP contribution in [0.4, 0.5) is 9.93 Å². The zero-order chi connectivity index (χ0) is 46.7. The van der Waals surface area contributed by atoms with Crippen molar-refractivity contribution in [1.82, 2.24) is 30.4 Å². The number of halogens is 1. The minimum absolute atomic E-state index is 0.0412. The lowest BCUT2D eigenvalue weighted by molar-refractivity contribution is -0.144. The predicted octanol–water partition coefficient (Wildman–Crippen LogP) is 6.53. The summed E-state index contributed by atoms with van der Waals surface area (Å²) in [6.07, 6.45) is 0.866. The molecule has 0 spiro atoms. The summed E-state index contributed by atoms with van der Waals surface area (Å²) in [6, 6.07) is 3.68. The lowest BCUT2D eigenvalue weighted by Crippen LogP contribution is -2.67. The Morgan fingerprint density at radius 2 is 1.86 bits per heavy atom. The number of allylic oxidation sites excluding steroid dienone is 1. The number of epoxide rings is 1. The number of rotatable bonds is 16. The summed E-state index contributed by atoms with van der Waals surface area (Å²) in [5, 5.41) is 23.6. The molecule has 9 rings (SSSR count). The number of hydrogen-bond donors (Lipinski definition) is 4. The number of hydrogen-bond acceptors (Lipinski definition) is 14. The number of nitrogens with zero attached hydrogens (tertiary/aromatic N) is 4. The molecule has 3 saturated heterocycles. The van der Waals surface area contributed by atoms with E-state index in [0.29, 0.717) is 77.4 Å². The fourth-order valence-corrected chi connectivity index (χ4v) is 11.5. The van der Waals surface area contributed by atoms with Crippen LogP contribution in [-0.4, -0.2) is 137 Å². The molecule has 3 aromatic rings. The van der Waals surface area contributed by atoms with Gasteiger partial charge in [-0.3, -0.25) is 14.5 Å². The van der Waals surface area contributed by atoms with Gasteiger partial charge in [0.1, 0.15) is 59.2 Å². The van der Waals surface area contributed by atoms with Gasteiger partial charge in [0, 0.05) is 61.3 Å². The maximum Gasteiger partial charge on any atom is 0.408 e. The highest BCUT2D eigenvalue weighted by Crippen LogP contribution is 2.52. The van der Waals surface area contributed by atoms with Crippen molar-refractivity contribution in [3.63, 3.8) is 0 Å². The Hall–Kier alpha value is -4.26. The van der Waals surface area contributed by atoms with Gasteiger partial charge in [-0.2, -0.15) is 0 Å². The van der Waals surface area contributed by atoms with Crippen molar-refractivity contribution in [2.45, 2.75) is 135 Å². The Balaban J connectivity index is 1.01. The zero-order valence-corrected chi connectivity index (χ0v) is 40.6. The van der Waals surface area contributed by atoms with Crippen molar-refractivity contribution in [2.24, 2.45) is 17.3 Å². The van der Waals surface area contributed by atoms with E-state index in [1.54, 1.807) is 0 Å². The van der Waals surface area contributed by atoms with E-state index in [9.17, 15) is 14.7 Å². The number of ether oxygens (including phenoxy) is 5. The van der Waals surface area contributed by atoms with Crippen molar-refractivity contribution >= 4 is 56.9 Å². The lowest BCUT2D eigenvalue weighted by atomic mass is 9.63. The maximum atomic E-state index is 15.0. The second-order valence-electron chi connectivity index (χ2n) is 20.2. The van der Waals surface area contributed by atoms with Crippen molar-refractivity contribution in [1.29, 1.82) is 0 Å². The maximum absolute atomic E-state index is 15.0. The Labute approximate surface area is 395 Å². The van der Waals surface area contributed by atoms with Crippen LogP contribution in [-0.2, 0) is 23.8 Å². The van der Waals surface area contributed by atoms with E-state index >= 15 is 4.79 Å². The van der Waals surface area contributed by atoms with Crippen molar-refractivity contribution in [3.05, 3.63) is 39.7 Å². The third-order valence-electron chi connectivity index (χ3n) is 14.4. The third kappa shape index (κ3) is 9.57. The molecule has 3 unspecified atom stereocenters. The first-order valence-electron chi connectivity index (χ1n) is 23.6. The van der Waals surface area contributed by atoms with Crippen molar-refractivity contribution in [2.75, 3.05) is 51.3 Å². The molecular weight excluding hydrogens is 886 g/mol. The molecule has 6 aliphatic rings. The van der Waals surface area contributed by atoms with Crippen LogP contribution in [0.5, 0.6) is 11.5 Å². The number of amides is 3. The first kappa shape index (κ1) is 46.8. The molecule has 1 aromatic carbocycles. The van der Waals surface area contributed by atoms with Crippen LogP contribution in [0, 0.1) is 17.3 Å². The van der Waals surface area contributed by atoms with E-state index in [1.807, 2.05) is 58.2 Å². The number of fused-ring (bicyclic) bond motifs is 2. The van der Waals surface area contributed by atoms with E-state index in [1.165, 1.54) is 27.4 Å². The highest BCUT2D eigenvalue weighted by molar-refractivity contribution is 7.14. The van der Waals surface area contributed by atoms with Gasteiger partial charge in [0.2, 0.25) is 11.8 Å². The predicted molar refractivity (Wildman–Crippen MR) is 251 cm³/mol. The fourth-order valence-electron chi connectivity index (χ4n) is 10.4. The van der Waals surface area contributed by atoms with Crippen molar-refractivity contribution in [3.8, 4) is 22.9 Å². The SMILES string of the molecule is CCC1CC[C@]1(NC(=O)[C@@H]1C[C@@H](Oc2cc(-c3csc(NC(C)C)n3)nc3c(Cl)c(OCCN4CCOCC4)ccc23)CN1C(=O)[C@@H](NC(=O)O[C@@H]1CC2=C(C)[C@@H]2C1)C(C)(C)C)C1OC1O. The second kappa shape index (κ2) is 18.7. The molecule has 0 bridgehead atoms. The van der Waals surface area contributed by atoms with Crippen LogP contribution in [0.2, 0.25) is 5.02 Å². The molecule has 2 aromatic heterocycles. The highest BCUT2D eigenvalue weighted by atomic mass is 35.5. The van der Waals surface area contributed by atoms with Crippen LogP contribution in [0.25, 0.3) is 22.3 Å². The molecule has 3 aliphatic carbocycles. The fraction of sp³-hybridized carbons (Fsp3) is 0.646. The molecule has 5 heterocycles. The van der Waals surface area contributed by atoms with Gasteiger partial charge in [-0.15, -0.1) is 11.3 Å². The van der Waals surface area contributed by atoms with E-state index in [2.05, 4.69) is 34.7 Å². The van der Waals surface area contributed by atoms with Crippen LogP contribution < -0.4 is 25.4 Å². The molecule has 3 aliphatic heterocycles. The summed E-state index contributed by atoms with van der Waals surface area (Å²) in [4.78, 5) is 57.0. The van der Waals surface area contributed by atoms with Gasteiger partial charge in [-0.25, -0.2) is 14.8 Å². The van der Waals surface area contributed by atoms with Crippen LogP contribution in [0.1, 0.15) is 87.0 Å². The molecule has 16 nitrogen and oxygen atoms in total. The summed E-state index contributed by atoms with van der Waals surface area (Å²) < 4.78 is 30.1. The number of anilines is 1. The molecular formula is C48H64ClN7O9S. The van der Waals surface area contributed by atoms with Crippen LogP contribution >= 0.6 is 22.9 Å². The van der Waals surface area contributed by atoms with Crippen molar-refractivity contribution < 1.29 is 43.2 Å². The summed E-state index contributed by atoms with van der Waals surface area (Å²) in [5.41, 5.74) is 2.84. The van der Waals surface area contributed by atoms with E-state index in [-0.39, 0.29) is 36.9 Å². The number of alkyl carbamates (subject to hydrolysis) is 1. The van der Waals surface area contributed by atoms with E-state index in [0.717, 1.165) is 44.0 Å². The standard InChI is InChI=1S/C48H64ClN7O9S/c1-8-27-11-12-48(27,41-44(59)65-41)54-42(57)35-21-29(23-56(35)43(58)40(47(5,6)7)53-46(60)64-28-19-31-26(4)32(31)20-28)63-37-22-33(34-24-66-45(52-34)50-25(2)3)51-39-30(37)9-10-36(38(39)49)62-18-15-55-13-16-61-17-14-55/h9-10,22,24-25,27-29,31,35,40-41,44,59H,8,11-21,23H2,1-7H3,(H,50,52)(H,53,60)(H,54,57)/t27?,28-,29+,31-,35-,40+,41?,44?,48+/m0/s1. The lowest BCUT2D eigenvalue weighted by Gasteiger charge is -2.49. The molecule has 0 radical (unpaired) electrons. The average molecular weight is 951 g/mol. The number of morpholine rings is 1. The second-order valence-corrected chi connectivity index (χ2v) is 21.4. The van der Waals surface area contributed by atoms with Gasteiger partial charge in [0.05, 0.1) is 36.5 Å². The molecule has 3 amide bonds. The van der Waals surface area contributed by atoms with Crippen LogP contribution in [0.3, 0.4) is 0 Å². The molecule has 2 saturated carbocycles. The van der Waals surface area contributed by atoms with Gasteiger partial charge in [0.25, 0.3) is 0 Å². The Bertz CT molecular complexity index is 2360. The van der Waals surface area contributed by atoms with E-state index in [4.69, 9.17) is 45.3 Å². The number of pyridine rings is 1. The molecule has 9 atom stereocenters. The zero-order valence-electron chi connectivity index (χ0n) is 39.0. The summed E-state index contributed by atoms with van der Waals surface area (Å²) >= 11 is 8.63. The number of nitrogens with one attached hydrogen (secondary N) is 3. The topological polar surface area (TPSA) is 189 Å². The minimum Gasteiger partial charge on any atom is -0.491 e. The van der Waals surface area contributed by atoms with E-state index < -0.39 is 53.5 Å². The Morgan fingerprint density at radius 1 is 1.09 bits per heavy atom. The number of aliphatic hydroxyl groups is 1. The number of thiazole rings is 1. The van der Waals surface area contributed by atoms with Gasteiger partial charge >= 0.3 is 6.09 Å². The van der Waals surface area contributed by atoms with Crippen LogP contribution in [0.15, 0.2) is 34.7 Å². The summed E-state index contributed by atoms with van der Waals surface area (Å²) in [6.45, 7) is 18.2. The first-order valence-corrected chi connectivity index (χ1v) is 24.9. The number of aromatic nitrogens is 2. The van der Waals surface area contributed by atoms with Gasteiger partial charge < -0.3 is 49.6 Å².